The first kappa shape index (κ1) is 20.0. The molecule has 2 fully saturated rings. The normalized spacial score (nSPS) is 20.8. The Bertz CT molecular complexity index is 1120. The highest BCUT2D eigenvalue weighted by atomic mass is 16.5. The molecule has 0 bridgehead atoms. The van der Waals surface area contributed by atoms with E-state index in [9.17, 15) is 4.79 Å². The maximum absolute atomic E-state index is 12.1. The Morgan fingerprint density at radius 1 is 1.35 bits per heavy atom. The van der Waals surface area contributed by atoms with E-state index in [0.717, 1.165) is 60.4 Å². The fourth-order valence-corrected chi connectivity index (χ4v) is 3.97. The molecular weight excluding hydrogens is 394 g/mol. The molecule has 2 aliphatic rings. The van der Waals surface area contributed by atoms with Crippen LogP contribution in [0, 0.1) is 12.8 Å². The van der Waals surface area contributed by atoms with Crippen LogP contribution in [0.2, 0.25) is 0 Å². The fourth-order valence-electron chi connectivity index (χ4n) is 3.97. The molecule has 162 valence electrons. The summed E-state index contributed by atoms with van der Waals surface area (Å²) in [6, 6.07) is 7.96. The molecule has 8 nitrogen and oxygen atoms in total. The minimum atomic E-state index is -0.313. The van der Waals surface area contributed by atoms with Crippen LogP contribution in [0.4, 0.5) is 5.82 Å². The average molecular weight is 422 g/mol. The molecule has 3 aromatic rings. The molecule has 8 heteroatoms. The highest BCUT2D eigenvalue weighted by molar-refractivity contribution is 5.93. The Kier molecular flexibility index (Phi) is 5.11. The largest absolute Gasteiger partial charge is 0.488 e. The first-order chi connectivity index (χ1) is 15.0. The Morgan fingerprint density at radius 3 is 2.97 bits per heavy atom. The van der Waals surface area contributed by atoms with Crippen molar-refractivity contribution >= 4 is 17.2 Å². The molecule has 5 rings (SSSR count). The number of rotatable bonds is 7. The number of hydrogen-bond donors (Lipinski definition) is 2. The number of ether oxygens (including phenoxy) is 2. The van der Waals surface area contributed by atoms with Crippen LogP contribution in [0.25, 0.3) is 16.6 Å². The van der Waals surface area contributed by atoms with Gasteiger partial charge in [0.1, 0.15) is 18.0 Å². The Hall–Kier alpha value is -2.97. The third-order valence-corrected chi connectivity index (χ3v) is 6.11. The van der Waals surface area contributed by atoms with Crippen LogP contribution in [0.5, 0.6) is 5.75 Å². The Labute approximate surface area is 181 Å². The van der Waals surface area contributed by atoms with Gasteiger partial charge in [-0.1, -0.05) is 0 Å². The lowest BCUT2D eigenvalue weighted by molar-refractivity contribution is -0.117. The van der Waals surface area contributed by atoms with Crippen molar-refractivity contribution in [2.45, 2.75) is 31.8 Å². The van der Waals surface area contributed by atoms with E-state index in [1.165, 1.54) is 0 Å². The van der Waals surface area contributed by atoms with Gasteiger partial charge in [0.05, 0.1) is 11.7 Å². The number of amides is 1. The molecule has 1 saturated heterocycles. The molecule has 0 aromatic carbocycles. The number of carbonyl (C=O) groups excluding carboxylic acids is 1. The van der Waals surface area contributed by atoms with Crippen molar-refractivity contribution in [3.8, 4) is 16.9 Å². The summed E-state index contributed by atoms with van der Waals surface area (Å²) in [6.07, 6.45) is 6.52. The van der Waals surface area contributed by atoms with Crippen LogP contribution in [0.3, 0.4) is 0 Å². The minimum absolute atomic E-state index is 0.0533. The van der Waals surface area contributed by atoms with Gasteiger partial charge in [-0.2, -0.15) is 5.10 Å². The van der Waals surface area contributed by atoms with E-state index < -0.39 is 0 Å². The van der Waals surface area contributed by atoms with E-state index in [4.69, 9.17) is 9.47 Å². The van der Waals surface area contributed by atoms with Gasteiger partial charge in [-0.25, -0.2) is 4.52 Å². The van der Waals surface area contributed by atoms with Gasteiger partial charge in [-0.3, -0.25) is 9.78 Å². The van der Waals surface area contributed by atoms with Crippen LogP contribution in [0.15, 0.2) is 36.7 Å². The summed E-state index contributed by atoms with van der Waals surface area (Å²) in [5.74, 6) is 1.50. The number of carbonyl (C=O) groups is 1. The van der Waals surface area contributed by atoms with Crippen LogP contribution in [0.1, 0.15) is 25.0 Å². The zero-order chi connectivity index (χ0) is 21.4. The van der Waals surface area contributed by atoms with Crippen molar-refractivity contribution in [2.24, 2.45) is 5.92 Å². The van der Waals surface area contributed by atoms with Crippen molar-refractivity contribution in [1.82, 2.24) is 19.9 Å². The third kappa shape index (κ3) is 4.13. The molecule has 1 aliphatic heterocycles. The average Bonchev–Trinajstić information content (AvgIpc) is 3.39. The zero-order valence-electron chi connectivity index (χ0n) is 17.9. The van der Waals surface area contributed by atoms with E-state index in [1.54, 1.807) is 17.8 Å². The Morgan fingerprint density at radius 2 is 2.23 bits per heavy atom. The third-order valence-electron chi connectivity index (χ3n) is 6.11. The lowest BCUT2D eigenvalue weighted by Crippen LogP contribution is -2.40. The lowest BCUT2D eigenvalue weighted by Gasteiger charge is -2.27. The van der Waals surface area contributed by atoms with E-state index in [0.29, 0.717) is 12.4 Å². The summed E-state index contributed by atoms with van der Waals surface area (Å²) in [6.45, 7) is 4.12. The number of hydrogen-bond acceptors (Lipinski definition) is 6. The van der Waals surface area contributed by atoms with Crippen LogP contribution >= 0.6 is 0 Å². The fraction of sp³-hybridized carbons (Fsp3) is 0.435. The van der Waals surface area contributed by atoms with Gasteiger partial charge in [0.25, 0.3) is 0 Å². The monoisotopic (exact) mass is 421 g/mol. The molecule has 31 heavy (non-hydrogen) atoms. The second-order valence-corrected chi connectivity index (χ2v) is 8.50. The van der Waals surface area contributed by atoms with Gasteiger partial charge in [0.15, 0.2) is 5.82 Å². The molecule has 1 atom stereocenters. The van der Waals surface area contributed by atoms with Crippen LogP contribution in [-0.4, -0.2) is 52.9 Å². The molecule has 1 amide bonds. The number of aromatic nitrogens is 3. The van der Waals surface area contributed by atoms with Gasteiger partial charge >= 0.3 is 0 Å². The summed E-state index contributed by atoms with van der Waals surface area (Å²) in [4.78, 5) is 16.5. The van der Waals surface area contributed by atoms with Crippen molar-refractivity contribution in [1.29, 1.82) is 0 Å². The van der Waals surface area contributed by atoms with Gasteiger partial charge in [-0.05, 0) is 56.5 Å². The predicted molar refractivity (Wildman–Crippen MR) is 117 cm³/mol. The standard InChI is InChI=1S/C23H27N5O3/c1-15-9-19(20(12-25-15)31-14-23(30-2)6-7-24-13-23)17-5-8-28-18(10-17)11-21(27-28)26-22(29)16-3-4-16/h5,8-12,16,24H,3-4,6-7,13-14H2,1-2H3,(H,26,27,29)/t23-/m0/s1. The summed E-state index contributed by atoms with van der Waals surface area (Å²) < 4.78 is 13.7. The number of aryl methyl sites for hydroxylation is 1. The van der Waals surface area contributed by atoms with E-state index in [1.807, 2.05) is 37.4 Å². The number of nitrogens with one attached hydrogen (secondary N) is 2. The first-order valence-electron chi connectivity index (χ1n) is 10.7. The highest BCUT2D eigenvalue weighted by Crippen LogP contribution is 2.33. The van der Waals surface area contributed by atoms with Gasteiger partial charge in [0, 0.05) is 43.1 Å². The SMILES string of the molecule is CO[C@@]1(COc2cnc(C)cc2-c2ccn3nc(NC(=O)C4CC4)cc3c2)CCNC1. The first-order valence-corrected chi connectivity index (χ1v) is 10.7. The van der Waals surface area contributed by atoms with Gasteiger partial charge in [-0.15, -0.1) is 0 Å². The molecule has 4 heterocycles. The molecule has 0 unspecified atom stereocenters. The molecule has 3 aromatic heterocycles. The summed E-state index contributed by atoms with van der Waals surface area (Å²) in [5, 5.41) is 10.7. The highest BCUT2D eigenvalue weighted by Gasteiger charge is 2.35. The van der Waals surface area contributed by atoms with Gasteiger partial charge < -0.3 is 20.1 Å². The number of anilines is 1. The predicted octanol–water partition coefficient (Wildman–Crippen LogP) is 2.81. The van der Waals surface area contributed by atoms with Crippen molar-refractivity contribution in [2.75, 3.05) is 32.1 Å². The molecule has 2 N–H and O–H groups in total. The van der Waals surface area contributed by atoms with E-state index in [-0.39, 0.29) is 17.4 Å². The van der Waals surface area contributed by atoms with Crippen LogP contribution < -0.4 is 15.4 Å². The maximum Gasteiger partial charge on any atom is 0.228 e. The number of nitrogens with zero attached hydrogens (tertiary/aromatic N) is 3. The zero-order valence-corrected chi connectivity index (χ0v) is 17.9. The van der Waals surface area contributed by atoms with Crippen LogP contribution in [-0.2, 0) is 9.53 Å². The van der Waals surface area contributed by atoms with Crippen molar-refractivity contribution < 1.29 is 14.3 Å². The number of fused-ring (bicyclic) bond motifs is 1. The molecule has 1 aliphatic carbocycles. The van der Waals surface area contributed by atoms with Crippen molar-refractivity contribution in [3.63, 3.8) is 0 Å². The summed E-state index contributed by atoms with van der Waals surface area (Å²) >= 11 is 0. The topological polar surface area (TPSA) is 89.8 Å². The van der Waals surface area contributed by atoms with Gasteiger partial charge in [0.2, 0.25) is 5.91 Å². The number of pyridine rings is 2. The summed E-state index contributed by atoms with van der Waals surface area (Å²) in [7, 11) is 1.73. The lowest BCUT2D eigenvalue weighted by atomic mass is 10.0. The molecule has 0 spiro atoms. The second-order valence-electron chi connectivity index (χ2n) is 8.50. The quantitative estimate of drug-likeness (QED) is 0.610. The van der Waals surface area contributed by atoms with Crippen molar-refractivity contribution in [3.05, 3.63) is 42.4 Å². The van der Waals surface area contributed by atoms with E-state index in [2.05, 4.69) is 20.7 Å². The maximum atomic E-state index is 12.1. The smallest absolute Gasteiger partial charge is 0.228 e. The minimum Gasteiger partial charge on any atom is -0.488 e. The number of methoxy groups -OCH3 is 1. The second kappa shape index (κ2) is 7.94. The Balaban J connectivity index is 1.41. The molecule has 1 saturated carbocycles. The van der Waals surface area contributed by atoms with E-state index >= 15 is 0 Å². The molecular formula is C23H27N5O3. The molecule has 0 radical (unpaired) electrons. The summed E-state index contributed by atoms with van der Waals surface area (Å²) in [5.41, 5.74) is 3.47.